The standard InChI is InChI=1S/C11H14O3/c1-3-4-10(12)9-7-8(14-2)5-6-11(9)13/h5-7,13H,3-4H2,1-2H3. The van der Waals surface area contributed by atoms with Crippen molar-refractivity contribution in [2.75, 3.05) is 7.11 Å². The highest BCUT2D eigenvalue weighted by atomic mass is 16.5. The first-order valence-electron chi connectivity index (χ1n) is 4.59. The van der Waals surface area contributed by atoms with Crippen LogP contribution in [0.25, 0.3) is 0 Å². The Morgan fingerprint density at radius 2 is 2.21 bits per heavy atom. The van der Waals surface area contributed by atoms with Crippen molar-refractivity contribution in [1.82, 2.24) is 0 Å². The summed E-state index contributed by atoms with van der Waals surface area (Å²) < 4.78 is 4.97. The van der Waals surface area contributed by atoms with Crippen LogP contribution in [0.15, 0.2) is 18.2 Å². The van der Waals surface area contributed by atoms with Crippen LogP contribution >= 0.6 is 0 Å². The minimum absolute atomic E-state index is 0.0178. The van der Waals surface area contributed by atoms with Crippen molar-refractivity contribution < 1.29 is 14.6 Å². The van der Waals surface area contributed by atoms with Gasteiger partial charge in [-0.1, -0.05) is 6.92 Å². The van der Waals surface area contributed by atoms with Gasteiger partial charge in [-0.05, 0) is 24.6 Å². The smallest absolute Gasteiger partial charge is 0.166 e. The molecule has 0 aliphatic carbocycles. The summed E-state index contributed by atoms with van der Waals surface area (Å²) in [5.74, 6) is 0.551. The molecule has 0 aromatic heterocycles. The molecule has 1 aromatic carbocycles. The third-order valence-corrected chi connectivity index (χ3v) is 1.98. The van der Waals surface area contributed by atoms with Gasteiger partial charge in [0.05, 0.1) is 12.7 Å². The lowest BCUT2D eigenvalue weighted by molar-refractivity contribution is 0.0979. The summed E-state index contributed by atoms with van der Waals surface area (Å²) in [5.41, 5.74) is 0.339. The Morgan fingerprint density at radius 3 is 2.79 bits per heavy atom. The number of ether oxygens (including phenoxy) is 1. The van der Waals surface area contributed by atoms with E-state index in [1.54, 1.807) is 12.1 Å². The number of ketones is 1. The number of hydrogen-bond acceptors (Lipinski definition) is 3. The lowest BCUT2D eigenvalue weighted by Crippen LogP contribution is -1.99. The molecule has 0 fully saturated rings. The number of rotatable bonds is 4. The van der Waals surface area contributed by atoms with Crippen molar-refractivity contribution in [2.24, 2.45) is 0 Å². The summed E-state index contributed by atoms with van der Waals surface area (Å²) >= 11 is 0. The van der Waals surface area contributed by atoms with E-state index in [2.05, 4.69) is 0 Å². The Labute approximate surface area is 83.3 Å². The van der Waals surface area contributed by atoms with Crippen LogP contribution in [0.4, 0.5) is 0 Å². The molecule has 0 heterocycles. The van der Waals surface area contributed by atoms with E-state index in [0.29, 0.717) is 17.7 Å². The fourth-order valence-corrected chi connectivity index (χ4v) is 1.23. The Bertz CT molecular complexity index is 331. The van der Waals surface area contributed by atoms with Gasteiger partial charge in [0.25, 0.3) is 0 Å². The lowest BCUT2D eigenvalue weighted by atomic mass is 10.1. The van der Waals surface area contributed by atoms with Crippen LogP contribution in [-0.2, 0) is 0 Å². The van der Waals surface area contributed by atoms with E-state index in [4.69, 9.17) is 4.74 Å². The fraction of sp³-hybridized carbons (Fsp3) is 0.364. The molecular weight excluding hydrogens is 180 g/mol. The minimum Gasteiger partial charge on any atom is -0.507 e. The van der Waals surface area contributed by atoms with Crippen molar-refractivity contribution in [3.63, 3.8) is 0 Å². The lowest BCUT2D eigenvalue weighted by Gasteiger charge is -2.05. The van der Waals surface area contributed by atoms with Gasteiger partial charge in [0.1, 0.15) is 11.5 Å². The first-order chi connectivity index (χ1) is 6.69. The maximum atomic E-state index is 11.5. The Balaban J connectivity index is 2.99. The van der Waals surface area contributed by atoms with Gasteiger partial charge < -0.3 is 9.84 Å². The minimum atomic E-state index is -0.0519. The quantitative estimate of drug-likeness (QED) is 0.748. The molecule has 3 heteroatoms. The van der Waals surface area contributed by atoms with Gasteiger partial charge in [-0.2, -0.15) is 0 Å². The van der Waals surface area contributed by atoms with E-state index in [9.17, 15) is 9.90 Å². The number of carbonyl (C=O) groups is 1. The molecule has 0 aliphatic heterocycles. The largest absolute Gasteiger partial charge is 0.507 e. The SMILES string of the molecule is CCCC(=O)c1cc(OC)ccc1O. The summed E-state index contributed by atoms with van der Waals surface area (Å²) in [5, 5.41) is 9.45. The Morgan fingerprint density at radius 1 is 1.50 bits per heavy atom. The number of phenolic OH excluding ortho intramolecular Hbond substituents is 1. The molecule has 0 atom stereocenters. The summed E-state index contributed by atoms with van der Waals surface area (Å²) in [6.07, 6.45) is 1.22. The van der Waals surface area contributed by atoms with Crippen LogP contribution in [0.5, 0.6) is 11.5 Å². The van der Waals surface area contributed by atoms with Gasteiger partial charge in [0.2, 0.25) is 0 Å². The highest BCUT2D eigenvalue weighted by Crippen LogP contribution is 2.24. The molecule has 0 bridgehead atoms. The first-order valence-corrected chi connectivity index (χ1v) is 4.59. The second-order valence-electron chi connectivity index (χ2n) is 3.06. The van der Waals surface area contributed by atoms with Crippen LogP contribution in [0.3, 0.4) is 0 Å². The molecule has 0 aliphatic rings. The Hall–Kier alpha value is -1.51. The van der Waals surface area contributed by atoms with E-state index in [0.717, 1.165) is 6.42 Å². The zero-order chi connectivity index (χ0) is 10.6. The van der Waals surface area contributed by atoms with E-state index >= 15 is 0 Å². The third kappa shape index (κ3) is 2.25. The van der Waals surface area contributed by atoms with Gasteiger partial charge in [-0.25, -0.2) is 0 Å². The van der Waals surface area contributed by atoms with Crippen molar-refractivity contribution in [3.05, 3.63) is 23.8 Å². The normalized spacial score (nSPS) is 9.86. The van der Waals surface area contributed by atoms with Crippen molar-refractivity contribution in [3.8, 4) is 11.5 Å². The van der Waals surface area contributed by atoms with Crippen LogP contribution in [0.2, 0.25) is 0 Å². The van der Waals surface area contributed by atoms with Gasteiger partial charge in [-0.3, -0.25) is 4.79 Å². The molecule has 0 saturated carbocycles. The topological polar surface area (TPSA) is 46.5 Å². The van der Waals surface area contributed by atoms with Crippen molar-refractivity contribution in [1.29, 1.82) is 0 Å². The third-order valence-electron chi connectivity index (χ3n) is 1.98. The molecule has 1 aromatic rings. The van der Waals surface area contributed by atoms with Gasteiger partial charge in [0, 0.05) is 6.42 Å². The highest BCUT2D eigenvalue weighted by Gasteiger charge is 2.10. The zero-order valence-corrected chi connectivity index (χ0v) is 8.41. The number of phenols is 1. The molecule has 1 rings (SSSR count). The van der Waals surface area contributed by atoms with Crippen LogP contribution in [-0.4, -0.2) is 18.0 Å². The molecule has 0 amide bonds. The number of methoxy groups -OCH3 is 1. The van der Waals surface area contributed by atoms with Gasteiger partial charge >= 0.3 is 0 Å². The van der Waals surface area contributed by atoms with E-state index in [-0.39, 0.29) is 11.5 Å². The molecule has 3 nitrogen and oxygen atoms in total. The summed E-state index contributed by atoms with van der Waals surface area (Å²) in [6, 6.07) is 4.66. The molecule has 0 unspecified atom stereocenters. The van der Waals surface area contributed by atoms with Crippen LogP contribution < -0.4 is 4.74 Å². The molecule has 0 radical (unpaired) electrons. The first kappa shape index (κ1) is 10.6. The van der Waals surface area contributed by atoms with Gasteiger partial charge in [0.15, 0.2) is 5.78 Å². The molecule has 1 N–H and O–H groups in total. The highest BCUT2D eigenvalue weighted by molar-refractivity contribution is 5.98. The van der Waals surface area contributed by atoms with E-state index < -0.39 is 0 Å². The number of carbonyl (C=O) groups excluding carboxylic acids is 1. The number of benzene rings is 1. The maximum Gasteiger partial charge on any atom is 0.166 e. The number of Topliss-reactive ketones (excluding diaryl/α,β-unsaturated/α-hetero) is 1. The fourth-order valence-electron chi connectivity index (χ4n) is 1.23. The monoisotopic (exact) mass is 194 g/mol. The van der Waals surface area contributed by atoms with Crippen molar-refractivity contribution >= 4 is 5.78 Å². The van der Waals surface area contributed by atoms with E-state index in [1.807, 2.05) is 6.92 Å². The average Bonchev–Trinajstić information content (AvgIpc) is 2.19. The Kier molecular flexibility index (Phi) is 3.51. The number of hydrogen-bond donors (Lipinski definition) is 1. The molecular formula is C11H14O3. The van der Waals surface area contributed by atoms with Crippen LogP contribution in [0.1, 0.15) is 30.1 Å². The van der Waals surface area contributed by atoms with E-state index in [1.165, 1.54) is 13.2 Å². The maximum absolute atomic E-state index is 11.5. The predicted molar refractivity (Wildman–Crippen MR) is 53.9 cm³/mol. The van der Waals surface area contributed by atoms with Gasteiger partial charge in [-0.15, -0.1) is 0 Å². The second kappa shape index (κ2) is 4.65. The predicted octanol–water partition coefficient (Wildman–Crippen LogP) is 2.38. The molecule has 0 saturated heterocycles. The molecule has 14 heavy (non-hydrogen) atoms. The van der Waals surface area contributed by atoms with Crippen LogP contribution in [0, 0.1) is 0 Å². The summed E-state index contributed by atoms with van der Waals surface area (Å²) in [6.45, 7) is 1.93. The average molecular weight is 194 g/mol. The second-order valence-corrected chi connectivity index (χ2v) is 3.06. The summed E-state index contributed by atoms with van der Waals surface area (Å²) in [4.78, 5) is 11.5. The zero-order valence-electron chi connectivity index (χ0n) is 8.41. The molecule has 0 spiro atoms. The van der Waals surface area contributed by atoms with Crippen molar-refractivity contribution in [2.45, 2.75) is 19.8 Å². The summed E-state index contributed by atoms with van der Waals surface area (Å²) in [7, 11) is 1.53. The molecule has 76 valence electrons. The number of aromatic hydroxyl groups is 1.